The minimum atomic E-state index is -1.10. The largest absolute Gasteiger partial charge is 0.494 e. The highest BCUT2D eigenvalue weighted by Crippen LogP contribution is 2.17. The van der Waals surface area contributed by atoms with E-state index in [1.807, 2.05) is 6.92 Å². The predicted molar refractivity (Wildman–Crippen MR) is 77.6 cm³/mol. The van der Waals surface area contributed by atoms with Crippen LogP contribution in [-0.2, 0) is 0 Å². The zero-order chi connectivity index (χ0) is 15.7. The molecule has 0 unspecified atom stereocenters. The van der Waals surface area contributed by atoms with Gasteiger partial charge in [-0.25, -0.2) is 14.5 Å². The average molecular weight is 300 g/mol. The summed E-state index contributed by atoms with van der Waals surface area (Å²) in [7, 11) is 0. The predicted octanol–water partition coefficient (Wildman–Crippen LogP) is 1.21. The van der Waals surface area contributed by atoms with E-state index in [4.69, 9.17) is 9.84 Å². The van der Waals surface area contributed by atoms with E-state index in [0.717, 1.165) is 0 Å². The van der Waals surface area contributed by atoms with E-state index >= 15 is 0 Å². The number of aromatic carboxylic acids is 1. The van der Waals surface area contributed by atoms with Crippen LogP contribution in [-0.4, -0.2) is 37.4 Å². The highest BCUT2D eigenvalue weighted by Gasteiger charge is 2.11. The van der Waals surface area contributed by atoms with Crippen molar-refractivity contribution in [1.29, 1.82) is 0 Å². The van der Waals surface area contributed by atoms with Gasteiger partial charge in [0.15, 0.2) is 0 Å². The first-order valence-electron chi connectivity index (χ1n) is 6.53. The Bertz CT molecular complexity index is 913. The van der Waals surface area contributed by atoms with Crippen LogP contribution < -0.4 is 10.3 Å². The number of nitrogens with zero attached hydrogens (tertiary/aromatic N) is 3. The fourth-order valence-corrected chi connectivity index (χ4v) is 2.02. The summed E-state index contributed by atoms with van der Waals surface area (Å²) in [6.07, 6.45) is 2.46. The van der Waals surface area contributed by atoms with Crippen LogP contribution in [0.1, 0.15) is 17.3 Å². The SMILES string of the molecule is CCOc1ccc2c(=O)[nH]c(-n3cc(C(=O)O)cn3)nc2c1. The first kappa shape index (κ1) is 13.8. The van der Waals surface area contributed by atoms with Gasteiger partial charge in [0.05, 0.1) is 29.3 Å². The molecule has 0 aliphatic carbocycles. The van der Waals surface area contributed by atoms with Gasteiger partial charge < -0.3 is 9.84 Å². The van der Waals surface area contributed by atoms with E-state index in [1.165, 1.54) is 17.1 Å². The van der Waals surface area contributed by atoms with Gasteiger partial charge in [-0.15, -0.1) is 0 Å². The number of hydrogen-bond acceptors (Lipinski definition) is 5. The van der Waals surface area contributed by atoms with Crippen LogP contribution in [0.25, 0.3) is 16.9 Å². The van der Waals surface area contributed by atoms with E-state index in [9.17, 15) is 9.59 Å². The summed E-state index contributed by atoms with van der Waals surface area (Å²) in [4.78, 5) is 29.8. The number of carboxylic acids is 1. The van der Waals surface area contributed by atoms with Gasteiger partial charge in [-0.2, -0.15) is 5.10 Å². The Morgan fingerprint density at radius 1 is 1.45 bits per heavy atom. The van der Waals surface area contributed by atoms with Crippen molar-refractivity contribution in [3.8, 4) is 11.7 Å². The van der Waals surface area contributed by atoms with Crippen molar-refractivity contribution in [1.82, 2.24) is 19.7 Å². The number of fused-ring (bicyclic) bond motifs is 1. The molecule has 2 aromatic heterocycles. The standard InChI is InChI=1S/C14H12N4O4/c1-2-22-9-3-4-10-11(5-9)16-14(17-12(10)19)18-7-8(6-15-18)13(20)21/h3-7H,2H2,1H3,(H,20,21)(H,16,17,19). The zero-order valence-corrected chi connectivity index (χ0v) is 11.6. The van der Waals surface area contributed by atoms with Gasteiger partial charge in [0.2, 0.25) is 5.95 Å². The Kier molecular flexibility index (Phi) is 3.34. The number of nitrogens with one attached hydrogen (secondary N) is 1. The van der Waals surface area contributed by atoms with Crippen molar-refractivity contribution in [3.63, 3.8) is 0 Å². The second-order valence-electron chi connectivity index (χ2n) is 4.48. The van der Waals surface area contributed by atoms with Gasteiger partial charge in [0, 0.05) is 12.3 Å². The lowest BCUT2D eigenvalue weighted by molar-refractivity contribution is 0.0697. The number of aromatic amines is 1. The minimum absolute atomic E-state index is 0.00538. The van der Waals surface area contributed by atoms with Crippen LogP contribution >= 0.6 is 0 Å². The number of benzene rings is 1. The molecule has 1 aromatic carbocycles. The summed E-state index contributed by atoms with van der Waals surface area (Å²) in [5.41, 5.74) is 0.110. The molecule has 3 aromatic rings. The number of rotatable bonds is 4. The molecule has 0 saturated heterocycles. The van der Waals surface area contributed by atoms with Crippen LogP contribution in [0.4, 0.5) is 0 Å². The lowest BCUT2D eigenvalue weighted by Crippen LogP contribution is -2.14. The van der Waals surface area contributed by atoms with Gasteiger partial charge in [0.1, 0.15) is 5.75 Å². The van der Waals surface area contributed by atoms with E-state index in [0.29, 0.717) is 23.3 Å². The molecule has 3 rings (SSSR count). The second kappa shape index (κ2) is 5.32. The molecule has 112 valence electrons. The van der Waals surface area contributed by atoms with E-state index in [2.05, 4.69) is 15.1 Å². The number of carbonyl (C=O) groups is 1. The quantitative estimate of drug-likeness (QED) is 0.749. The zero-order valence-electron chi connectivity index (χ0n) is 11.6. The lowest BCUT2D eigenvalue weighted by atomic mass is 10.2. The third-order valence-corrected chi connectivity index (χ3v) is 3.02. The Balaban J connectivity index is 2.13. The number of carboxylic acid groups (broad SMARTS) is 1. The molecule has 0 fully saturated rings. The molecule has 0 amide bonds. The van der Waals surface area contributed by atoms with Gasteiger partial charge in [-0.05, 0) is 19.1 Å². The molecule has 2 N–H and O–H groups in total. The number of H-pyrrole nitrogens is 1. The molecule has 0 bridgehead atoms. The van der Waals surface area contributed by atoms with E-state index in [1.54, 1.807) is 18.2 Å². The maximum atomic E-state index is 12.1. The second-order valence-corrected chi connectivity index (χ2v) is 4.48. The van der Waals surface area contributed by atoms with Crippen LogP contribution in [0.3, 0.4) is 0 Å². The maximum Gasteiger partial charge on any atom is 0.338 e. The highest BCUT2D eigenvalue weighted by molar-refractivity contribution is 5.87. The minimum Gasteiger partial charge on any atom is -0.494 e. The molecule has 22 heavy (non-hydrogen) atoms. The third kappa shape index (κ3) is 2.41. The average Bonchev–Trinajstić information content (AvgIpc) is 2.97. The van der Waals surface area contributed by atoms with Crippen LogP contribution in [0.15, 0.2) is 35.4 Å². The fraction of sp³-hybridized carbons (Fsp3) is 0.143. The summed E-state index contributed by atoms with van der Waals surface area (Å²) in [5, 5.41) is 13.2. The van der Waals surface area contributed by atoms with Crippen molar-refractivity contribution < 1.29 is 14.6 Å². The highest BCUT2D eigenvalue weighted by atomic mass is 16.5. The first-order chi connectivity index (χ1) is 10.6. The fourth-order valence-electron chi connectivity index (χ4n) is 2.02. The summed E-state index contributed by atoms with van der Waals surface area (Å²) in [5.74, 6) is -0.364. The topological polar surface area (TPSA) is 110 Å². The molecule has 0 aliphatic heterocycles. The number of ether oxygens (including phenoxy) is 1. The molecule has 8 nitrogen and oxygen atoms in total. The van der Waals surface area contributed by atoms with Crippen molar-refractivity contribution in [2.75, 3.05) is 6.61 Å². The Morgan fingerprint density at radius 2 is 2.27 bits per heavy atom. The van der Waals surface area contributed by atoms with Crippen molar-refractivity contribution >= 4 is 16.9 Å². The number of hydrogen-bond donors (Lipinski definition) is 2. The van der Waals surface area contributed by atoms with Crippen LogP contribution in [0.5, 0.6) is 5.75 Å². The molecule has 8 heteroatoms. The van der Waals surface area contributed by atoms with Gasteiger partial charge in [-0.1, -0.05) is 0 Å². The van der Waals surface area contributed by atoms with Crippen LogP contribution in [0, 0.1) is 0 Å². The van der Waals surface area contributed by atoms with Gasteiger partial charge >= 0.3 is 5.97 Å². The molecule has 0 aliphatic rings. The van der Waals surface area contributed by atoms with E-state index in [-0.39, 0.29) is 17.1 Å². The summed E-state index contributed by atoms with van der Waals surface area (Å²) in [6, 6.07) is 4.97. The summed E-state index contributed by atoms with van der Waals surface area (Å²) < 4.78 is 6.59. The Labute approximate surface area is 124 Å². The molecule has 0 radical (unpaired) electrons. The van der Waals surface area contributed by atoms with Gasteiger partial charge in [-0.3, -0.25) is 9.78 Å². The third-order valence-electron chi connectivity index (χ3n) is 3.02. The molecule has 0 spiro atoms. The van der Waals surface area contributed by atoms with Crippen molar-refractivity contribution in [2.45, 2.75) is 6.92 Å². The molecular formula is C14H12N4O4. The lowest BCUT2D eigenvalue weighted by Gasteiger charge is -2.05. The first-order valence-corrected chi connectivity index (χ1v) is 6.53. The monoisotopic (exact) mass is 300 g/mol. The summed E-state index contributed by atoms with van der Waals surface area (Å²) in [6.45, 7) is 2.36. The molecular weight excluding hydrogens is 288 g/mol. The van der Waals surface area contributed by atoms with Crippen molar-refractivity contribution in [3.05, 3.63) is 46.5 Å². The molecule has 2 heterocycles. The smallest absolute Gasteiger partial charge is 0.338 e. The molecule has 0 saturated carbocycles. The summed E-state index contributed by atoms with van der Waals surface area (Å²) >= 11 is 0. The van der Waals surface area contributed by atoms with E-state index < -0.39 is 5.97 Å². The van der Waals surface area contributed by atoms with Gasteiger partial charge in [0.25, 0.3) is 5.56 Å². The number of aromatic nitrogens is 4. The maximum absolute atomic E-state index is 12.1. The normalized spacial score (nSPS) is 10.8. The van der Waals surface area contributed by atoms with Crippen LogP contribution in [0.2, 0.25) is 0 Å². The van der Waals surface area contributed by atoms with Crippen molar-refractivity contribution in [2.24, 2.45) is 0 Å². The Hall–Kier alpha value is -3.16. The Morgan fingerprint density at radius 3 is 2.95 bits per heavy atom. The molecule has 0 atom stereocenters.